The van der Waals surface area contributed by atoms with Gasteiger partial charge in [0.1, 0.15) is 6.29 Å². The van der Waals surface area contributed by atoms with Crippen LogP contribution >= 0.6 is 0 Å². The standard InChI is InChI=1S/C9H16O2/c1-8(2)9(3,11)6-4-5-7-10/h4-5,7-8,11H,6H2,1-3H3. The predicted molar refractivity (Wildman–Crippen MR) is 45.3 cm³/mol. The van der Waals surface area contributed by atoms with E-state index in [4.69, 9.17) is 0 Å². The van der Waals surface area contributed by atoms with Gasteiger partial charge in [-0.25, -0.2) is 0 Å². The second-order valence-corrected chi connectivity index (χ2v) is 3.28. The normalized spacial score (nSPS) is 17.2. The Morgan fingerprint density at radius 2 is 2.09 bits per heavy atom. The number of carbonyl (C=O) groups excluding carboxylic acids is 1. The van der Waals surface area contributed by atoms with Crippen LogP contribution in [0.2, 0.25) is 0 Å². The molecule has 1 atom stereocenters. The SMILES string of the molecule is CC(C)C(C)(O)CC=CC=O. The molecule has 1 N–H and O–H groups in total. The van der Waals surface area contributed by atoms with Crippen molar-refractivity contribution < 1.29 is 9.90 Å². The Hall–Kier alpha value is -0.630. The first-order valence-electron chi connectivity index (χ1n) is 3.83. The fourth-order valence-electron chi connectivity index (χ4n) is 0.598. The molecule has 64 valence electrons. The van der Waals surface area contributed by atoms with Gasteiger partial charge in [-0.1, -0.05) is 19.9 Å². The molecule has 0 saturated carbocycles. The van der Waals surface area contributed by atoms with Gasteiger partial charge in [-0.05, 0) is 25.3 Å². The highest BCUT2D eigenvalue weighted by Crippen LogP contribution is 2.20. The van der Waals surface area contributed by atoms with E-state index < -0.39 is 5.60 Å². The zero-order valence-electron chi connectivity index (χ0n) is 7.37. The minimum Gasteiger partial charge on any atom is -0.390 e. The average Bonchev–Trinajstić information content (AvgIpc) is 1.88. The van der Waals surface area contributed by atoms with E-state index in [-0.39, 0.29) is 5.92 Å². The summed E-state index contributed by atoms with van der Waals surface area (Å²) in [5, 5.41) is 9.65. The minimum atomic E-state index is -0.695. The van der Waals surface area contributed by atoms with Crippen LogP contribution in [0.1, 0.15) is 27.2 Å². The molecule has 11 heavy (non-hydrogen) atoms. The maximum Gasteiger partial charge on any atom is 0.142 e. The number of allylic oxidation sites excluding steroid dienone is 1. The molecule has 0 amide bonds. The molecule has 0 aliphatic carbocycles. The van der Waals surface area contributed by atoms with Crippen LogP contribution in [0.4, 0.5) is 0 Å². The molecule has 0 bridgehead atoms. The molecule has 0 aromatic carbocycles. The fraction of sp³-hybridized carbons (Fsp3) is 0.667. The van der Waals surface area contributed by atoms with E-state index in [2.05, 4.69) is 0 Å². The van der Waals surface area contributed by atoms with E-state index in [9.17, 15) is 9.90 Å². The first-order valence-corrected chi connectivity index (χ1v) is 3.83. The van der Waals surface area contributed by atoms with E-state index in [1.54, 1.807) is 13.0 Å². The van der Waals surface area contributed by atoms with E-state index in [1.807, 2.05) is 13.8 Å². The number of aliphatic hydroxyl groups is 1. The smallest absolute Gasteiger partial charge is 0.142 e. The van der Waals surface area contributed by atoms with Crippen molar-refractivity contribution in [2.45, 2.75) is 32.8 Å². The zero-order chi connectivity index (χ0) is 8.91. The largest absolute Gasteiger partial charge is 0.390 e. The molecule has 0 aromatic heterocycles. The molecule has 0 spiro atoms. The van der Waals surface area contributed by atoms with Gasteiger partial charge in [-0.3, -0.25) is 4.79 Å². The molecular formula is C9H16O2. The number of hydrogen-bond acceptors (Lipinski definition) is 2. The highest BCUT2D eigenvalue weighted by molar-refractivity contribution is 5.64. The van der Waals surface area contributed by atoms with Crippen LogP contribution in [-0.4, -0.2) is 17.0 Å². The molecular weight excluding hydrogens is 140 g/mol. The van der Waals surface area contributed by atoms with Gasteiger partial charge >= 0.3 is 0 Å². The molecule has 0 aliphatic heterocycles. The molecule has 2 heteroatoms. The van der Waals surface area contributed by atoms with Crippen LogP contribution in [0.15, 0.2) is 12.2 Å². The molecule has 0 radical (unpaired) electrons. The van der Waals surface area contributed by atoms with E-state index in [1.165, 1.54) is 6.08 Å². The lowest BCUT2D eigenvalue weighted by molar-refractivity contribution is -0.104. The molecule has 0 rings (SSSR count). The Kier molecular flexibility index (Phi) is 4.04. The average molecular weight is 156 g/mol. The molecule has 0 saturated heterocycles. The topological polar surface area (TPSA) is 37.3 Å². The molecule has 0 heterocycles. The van der Waals surface area contributed by atoms with Gasteiger partial charge in [0.25, 0.3) is 0 Å². The molecule has 0 fully saturated rings. The number of rotatable bonds is 4. The van der Waals surface area contributed by atoms with Crippen molar-refractivity contribution in [2.24, 2.45) is 5.92 Å². The lowest BCUT2D eigenvalue weighted by Gasteiger charge is -2.25. The van der Waals surface area contributed by atoms with Gasteiger partial charge in [0.2, 0.25) is 0 Å². The first kappa shape index (κ1) is 10.4. The van der Waals surface area contributed by atoms with Gasteiger partial charge < -0.3 is 5.11 Å². The van der Waals surface area contributed by atoms with E-state index in [0.29, 0.717) is 6.42 Å². The fourth-order valence-corrected chi connectivity index (χ4v) is 0.598. The van der Waals surface area contributed by atoms with Gasteiger partial charge in [0, 0.05) is 0 Å². The maximum absolute atomic E-state index is 9.89. The maximum atomic E-state index is 9.89. The number of carbonyl (C=O) groups is 1. The van der Waals surface area contributed by atoms with Crippen LogP contribution in [0, 0.1) is 5.92 Å². The minimum absolute atomic E-state index is 0.207. The highest BCUT2D eigenvalue weighted by atomic mass is 16.3. The van der Waals surface area contributed by atoms with Crippen LogP contribution < -0.4 is 0 Å². The van der Waals surface area contributed by atoms with Crippen molar-refractivity contribution in [1.82, 2.24) is 0 Å². The number of hydrogen-bond donors (Lipinski definition) is 1. The van der Waals surface area contributed by atoms with Crippen molar-refractivity contribution in [1.29, 1.82) is 0 Å². The van der Waals surface area contributed by atoms with Crippen LogP contribution in [0.25, 0.3) is 0 Å². The summed E-state index contributed by atoms with van der Waals surface area (Å²) >= 11 is 0. The van der Waals surface area contributed by atoms with Crippen molar-refractivity contribution in [2.75, 3.05) is 0 Å². The van der Waals surface area contributed by atoms with Gasteiger partial charge in [-0.2, -0.15) is 0 Å². The van der Waals surface area contributed by atoms with Gasteiger partial charge in [0.15, 0.2) is 0 Å². The van der Waals surface area contributed by atoms with Gasteiger partial charge in [0.05, 0.1) is 5.60 Å². The predicted octanol–water partition coefficient (Wildman–Crippen LogP) is 1.54. The summed E-state index contributed by atoms with van der Waals surface area (Å²) in [5.74, 6) is 0.207. The zero-order valence-corrected chi connectivity index (χ0v) is 7.37. The summed E-state index contributed by atoms with van der Waals surface area (Å²) < 4.78 is 0. The second kappa shape index (κ2) is 4.29. The van der Waals surface area contributed by atoms with Crippen molar-refractivity contribution in [3.63, 3.8) is 0 Å². The monoisotopic (exact) mass is 156 g/mol. The first-order chi connectivity index (χ1) is 5.00. The summed E-state index contributed by atoms with van der Waals surface area (Å²) in [4.78, 5) is 9.89. The summed E-state index contributed by atoms with van der Waals surface area (Å²) in [5.41, 5.74) is -0.695. The lowest BCUT2D eigenvalue weighted by atomic mass is 9.89. The molecule has 1 unspecified atom stereocenters. The quantitative estimate of drug-likeness (QED) is 0.495. The lowest BCUT2D eigenvalue weighted by Crippen LogP contribution is -2.29. The molecule has 2 nitrogen and oxygen atoms in total. The molecule has 0 aliphatic rings. The summed E-state index contributed by atoms with van der Waals surface area (Å²) in [6.45, 7) is 5.68. The summed E-state index contributed by atoms with van der Waals surface area (Å²) in [7, 11) is 0. The van der Waals surface area contributed by atoms with Crippen molar-refractivity contribution >= 4 is 6.29 Å². The van der Waals surface area contributed by atoms with E-state index in [0.717, 1.165) is 6.29 Å². The third-order valence-corrected chi connectivity index (χ3v) is 1.99. The molecule has 0 aromatic rings. The third-order valence-electron chi connectivity index (χ3n) is 1.99. The van der Waals surface area contributed by atoms with Gasteiger partial charge in [-0.15, -0.1) is 0 Å². The van der Waals surface area contributed by atoms with Crippen molar-refractivity contribution in [3.8, 4) is 0 Å². The second-order valence-electron chi connectivity index (χ2n) is 3.28. The van der Waals surface area contributed by atoms with Crippen LogP contribution in [-0.2, 0) is 4.79 Å². The highest BCUT2D eigenvalue weighted by Gasteiger charge is 2.22. The van der Waals surface area contributed by atoms with Crippen LogP contribution in [0.5, 0.6) is 0 Å². The number of aldehydes is 1. The Bertz CT molecular complexity index is 146. The Balaban J connectivity index is 3.91. The summed E-state index contributed by atoms with van der Waals surface area (Å²) in [6.07, 6.45) is 4.35. The Morgan fingerprint density at radius 3 is 2.45 bits per heavy atom. The summed E-state index contributed by atoms with van der Waals surface area (Å²) in [6, 6.07) is 0. The Labute approximate surface area is 67.9 Å². The third kappa shape index (κ3) is 3.94. The Morgan fingerprint density at radius 1 is 1.55 bits per heavy atom. The van der Waals surface area contributed by atoms with Crippen molar-refractivity contribution in [3.05, 3.63) is 12.2 Å². The van der Waals surface area contributed by atoms with E-state index >= 15 is 0 Å². The van der Waals surface area contributed by atoms with Crippen LogP contribution in [0.3, 0.4) is 0 Å².